The fraction of sp³-hybridized carbons (Fsp3) is 0.222. The highest BCUT2D eigenvalue weighted by Gasteiger charge is 2.23. The minimum Gasteiger partial charge on any atom is -0.467 e. The van der Waals surface area contributed by atoms with Crippen LogP contribution in [-0.4, -0.2) is 22.2 Å². The van der Waals surface area contributed by atoms with Crippen molar-refractivity contribution >= 4 is 5.91 Å². The summed E-state index contributed by atoms with van der Waals surface area (Å²) in [5.41, 5.74) is 1.10. The van der Waals surface area contributed by atoms with Gasteiger partial charge in [-0.3, -0.25) is 9.48 Å². The van der Waals surface area contributed by atoms with Gasteiger partial charge in [-0.1, -0.05) is 6.07 Å². The average molecular weight is 345 g/mol. The molecule has 7 heteroatoms. The second-order valence-corrected chi connectivity index (χ2v) is 5.71. The maximum absolute atomic E-state index is 13.8. The SMILES string of the molecule is Cc1cc(C)n(C(CNC(=O)c2c(F)cccc2F)c2ccco2)n1. The molecule has 0 fully saturated rings. The molecule has 0 aliphatic rings. The van der Waals surface area contributed by atoms with Crippen molar-refractivity contribution in [3.8, 4) is 0 Å². The smallest absolute Gasteiger partial charge is 0.257 e. The molecule has 25 heavy (non-hydrogen) atoms. The van der Waals surface area contributed by atoms with Gasteiger partial charge in [0.05, 0.1) is 12.0 Å². The van der Waals surface area contributed by atoms with Gasteiger partial charge in [-0.25, -0.2) is 8.78 Å². The number of aromatic nitrogens is 2. The van der Waals surface area contributed by atoms with Crippen LogP contribution in [0.1, 0.15) is 33.5 Å². The lowest BCUT2D eigenvalue weighted by Gasteiger charge is -2.18. The Morgan fingerprint density at radius 3 is 2.52 bits per heavy atom. The molecule has 1 atom stereocenters. The van der Waals surface area contributed by atoms with Crippen LogP contribution in [0.15, 0.2) is 47.1 Å². The maximum atomic E-state index is 13.8. The van der Waals surface area contributed by atoms with E-state index >= 15 is 0 Å². The molecule has 1 unspecified atom stereocenters. The van der Waals surface area contributed by atoms with Crippen molar-refractivity contribution in [2.75, 3.05) is 6.54 Å². The van der Waals surface area contributed by atoms with E-state index in [1.165, 1.54) is 12.3 Å². The van der Waals surface area contributed by atoms with Gasteiger partial charge in [0.2, 0.25) is 0 Å². The van der Waals surface area contributed by atoms with Gasteiger partial charge in [-0.15, -0.1) is 0 Å². The first-order valence-electron chi connectivity index (χ1n) is 7.75. The number of furan rings is 1. The number of nitrogens with one attached hydrogen (secondary N) is 1. The van der Waals surface area contributed by atoms with E-state index in [2.05, 4.69) is 10.4 Å². The van der Waals surface area contributed by atoms with Crippen LogP contribution in [0.5, 0.6) is 0 Å². The first kappa shape index (κ1) is 16.9. The number of aryl methyl sites for hydroxylation is 2. The van der Waals surface area contributed by atoms with Crippen LogP contribution in [0.4, 0.5) is 8.78 Å². The van der Waals surface area contributed by atoms with E-state index in [0.29, 0.717) is 5.76 Å². The molecule has 3 aromatic rings. The molecule has 0 saturated carbocycles. The Bertz CT molecular complexity index is 868. The monoisotopic (exact) mass is 345 g/mol. The predicted molar refractivity (Wildman–Crippen MR) is 87.2 cm³/mol. The lowest BCUT2D eigenvalue weighted by molar-refractivity contribution is 0.0939. The summed E-state index contributed by atoms with van der Waals surface area (Å²) in [4.78, 5) is 12.2. The second-order valence-electron chi connectivity index (χ2n) is 5.71. The van der Waals surface area contributed by atoms with Gasteiger partial charge in [0.15, 0.2) is 0 Å². The number of benzene rings is 1. The van der Waals surface area contributed by atoms with Gasteiger partial charge in [0.25, 0.3) is 5.91 Å². The topological polar surface area (TPSA) is 60.1 Å². The van der Waals surface area contributed by atoms with Crippen molar-refractivity contribution in [2.24, 2.45) is 0 Å². The molecule has 0 aliphatic carbocycles. The van der Waals surface area contributed by atoms with Gasteiger partial charge in [-0.2, -0.15) is 5.10 Å². The zero-order valence-electron chi connectivity index (χ0n) is 13.8. The fourth-order valence-electron chi connectivity index (χ4n) is 2.74. The number of carbonyl (C=O) groups excluding carboxylic acids is 1. The summed E-state index contributed by atoms with van der Waals surface area (Å²) in [6, 6.07) is 8.26. The maximum Gasteiger partial charge on any atom is 0.257 e. The lowest BCUT2D eigenvalue weighted by atomic mass is 10.1. The van der Waals surface area contributed by atoms with Crippen LogP contribution in [0, 0.1) is 25.5 Å². The van der Waals surface area contributed by atoms with Crippen molar-refractivity contribution in [2.45, 2.75) is 19.9 Å². The van der Waals surface area contributed by atoms with E-state index in [-0.39, 0.29) is 6.54 Å². The van der Waals surface area contributed by atoms with Crippen molar-refractivity contribution in [1.82, 2.24) is 15.1 Å². The first-order valence-corrected chi connectivity index (χ1v) is 7.75. The molecule has 0 spiro atoms. The minimum atomic E-state index is -0.904. The van der Waals surface area contributed by atoms with Crippen molar-refractivity contribution < 1.29 is 18.0 Å². The Morgan fingerprint density at radius 2 is 1.96 bits per heavy atom. The Morgan fingerprint density at radius 1 is 1.24 bits per heavy atom. The Labute approximate surface area is 143 Å². The largest absolute Gasteiger partial charge is 0.467 e. The third kappa shape index (κ3) is 3.45. The predicted octanol–water partition coefficient (Wildman–Crippen LogP) is 3.39. The molecule has 1 N–H and O–H groups in total. The summed E-state index contributed by atoms with van der Waals surface area (Å²) in [6.07, 6.45) is 1.52. The molecule has 0 saturated heterocycles. The molecule has 0 bridgehead atoms. The van der Waals surface area contributed by atoms with Gasteiger partial charge >= 0.3 is 0 Å². The summed E-state index contributed by atoms with van der Waals surface area (Å²) < 4.78 is 34.7. The molecular weight excluding hydrogens is 328 g/mol. The zero-order valence-corrected chi connectivity index (χ0v) is 13.8. The molecule has 3 rings (SSSR count). The van der Waals surface area contributed by atoms with Gasteiger partial charge in [-0.05, 0) is 44.2 Å². The van der Waals surface area contributed by atoms with E-state index in [1.54, 1.807) is 16.8 Å². The van der Waals surface area contributed by atoms with Crippen molar-refractivity contribution in [3.05, 3.63) is 77.0 Å². The Balaban J connectivity index is 1.85. The highest BCUT2D eigenvalue weighted by molar-refractivity contribution is 5.94. The number of hydrogen-bond donors (Lipinski definition) is 1. The molecular formula is C18H17F2N3O2. The second kappa shape index (κ2) is 6.88. The number of carbonyl (C=O) groups is 1. The van der Waals surface area contributed by atoms with Crippen molar-refractivity contribution in [1.29, 1.82) is 0 Å². The third-order valence-electron chi connectivity index (χ3n) is 3.86. The normalized spacial score (nSPS) is 12.2. The van der Waals surface area contributed by atoms with Gasteiger partial charge in [0, 0.05) is 12.2 Å². The zero-order chi connectivity index (χ0) is 18.0. The first-order chi connectivity index (χ1) is 12.0. The van der Waals surface area contributed by atoms with Gasteiger partial charge < -0.3 is 9.73 Å². The van der Waals surface area contributed by atoms with E-state index in [0.717, 1.165) is 23.5 Å². The highest BCUT2D eigenvalue weighted by Crippen LogP contribution is 2.21. The van der Waals surface area contributed by atoms with Crippen LogP contribution in [0.2, 0.25) is 0 Å². The molecule has 1 amide bonds. The summed E-state index contributed by atoms with van der Waals surface area (Å²) in [5, 5.41) is 6.97. The van der Waals surface area contributed by atoms with E-state index in [1.807, 2.05) is 19.9 Å². The standard InChI is InChI=1S/C18H17F2N3O2/c1-11-9-12(2)23(22-11)15(16-7-4-8-25-16)10-21-18(24)17-13(19)5-3-6-14(17)20/h3-9,15H,10H2,1-2H3,(H,21,24). The van der Waals surface area contributed by atoms with Gasteiger partial charge in [0.1, 0.15) is 29.0 Å². The molecule has 2 aromatic heterocycles. The molecule has 0 radical (unpaired) electrons. The number of hydrogen-bond acceptors (Lipinski definition) is 3. The summed E-state index contributed by atoms with van der Waals surface area (Å²) in [5.74, 6) is -2.05. The molecule has 130 valence electrons. The molecule has 1 aromatic carbocycles. The molecule has 5 nitrogen and oxygen atoms in total. The molecule has 0 aliphatic heterocycles. The van der Waals surface area contributed by atoms with E-state index in [9.17, 15) is 13.6 Å². The summed E-state index contributed by atoms with van der Waals surface area (Å²) in [6.45, 7) is 3.81. The van der Waals surface area contributed by atoms with E-state index < -0.39 is 29.1 Å². The minimum absolute atomic E-state index is 0.0715. The lowest BCUT2D eigenvalue weighted by Crippen LogP contribution is -2.33. The summed E-state index contributed by atoms with van der Waals surface area (Å²) in [7, 11) is 0. The van der Waals surface area contributed by atoms with Crippen LogP contribution < -0.4 is 5.32 Å². The fourth-order valence-corrected chi connectivity index (χ4v) is 2.74. The Kier molecular flexibility index (Phi) is 4.65. The number of nitrogens with zero attached hydrogens (tertiary/aromatic N) is 2. The van der Waals surface area contributed by atoms with Crippen LogP contribution in [0.3, 0.4) is 0 Å². The van der Waals surface area contributed by atoms with E-state index in [4.69, 9.17) is 4.42 Å². The van der Waals surface area contributed by atoms with Crippen LogP contribution in [0.25, 0.3) is 0 Å². The third-order valence-corrected chi connectivity index (χ3v) is 3.86. The number of halogens is 2. The van der Waals surface area contributed by atoms with Crippen LogP contribution in [-0.2, 0) is 0 Å². The number of amides is 1. The average Bonchev–Trinajstić information content (AvgIpc) is 3.18. The summed E-state index contributed by atoms with van der Waals surface area (Å²) >= 11 is 0. The van der Waals surface area contributed by atoms with Crippen molar-refractivity contribution in [3.63, 3.8) is 0 Å². The molecule has 2 heterocycles. The number of rotatable bonds is 5. The quantitative estimate of drug-likeness (QED) is 0.771. The Hall–Kier alpha value is -2.96. The highest BCUT2D eigenvalue weighted by atomic mass is 19.1. The van der Waals surface area contributed by atoms with Crippen LogP contribution >= 0.6 is 0 Å².